The third-order valence-electron chi connectivity index (χ3n) is 4.56. The molecule has 1 fully saturated rings. The quantitative estimate of drug-likeness (QED) is 0.763. The molecule has 8 heteroatoms. The van der Waals surface area contributed by atoms with Crippen molar-refractivity contribution >= 4 is 15.7 Å². The van der Waals surface area contributed by atoms with Crippen molar-refractivity contribution in [2.24, 2.45) is 0 Å². The first-order valence-corrected chi connectivity index (χ1v) is 9.61. The van der Waals surface area contributed by atoms with Crippen molar-refractivity contribution in [2.75, 3.05) is 31.1 Å². The summed E-state index contributed by atoms with van der Waals surface area (Å²) in [6.45, 7) is 4.20. The van der Waals surface area contributed by atoms with Crippen LogP contribution in [0.25, 0.3) is 0 Å². The van der Waals surface area contributed by atoms with Crippen LogP contribution in [0.1, 0.15) is 11.1 Å². The van der Waals surface area contributed by atoms with Crippen molar-refractivity contribution in [3.05, 3.63) is 58.9 Å². The number of nitrogens with zero attached hydrogens (tertiary/aromatic N) is 2. The number of piperazine rings is 1. The van der Waals surface area contributed by atoms with E-state index in [0.29, 0.717) is 5.56 Å². The van der Waals surface area contributed by atoms with Crippen molar-refractivity contribution in [2.45, 2.75) is 18.7 Å². The average molecular weight is 384 g/mol. The third-order valence-corrected chi connectivity index (χ3v) is 6.60. The van der Waals surface area contributed by atoms with Gasteiger partial charge in [-0.2, -0.15) is 4.31 Å². The molecule has 26 heavy (non-hydrogen) atoms. The molecule has 0 amide bonds. The molecular weight excluding hydrogens is 365 g/mol. The van der Waals surface area contributed by atoms with E-state index in [1.807, 2.05) is 13.0 Å². The summed E-state index contributed by atoms with van der Waals surface area (Å²) < 4.78 is 67.6. The molecular formula is C18H19F3N2O2S. The highest BCUT2D eigenvalue weighted by atomic mass is 32.2. The molecule has 2 aromatic rings. The average Bonchev–Trinajstić information content (AvgIpc) is 2.62. The van der Waals surface area contributed by atoms with Gasteiger partial charge in [-0.3, -0.25) is 0 Å². The molecule has 1 aliphatic heterocycles. The maximum absolute atomic E-state index is 14.0. The van der Waals surface area contributed by atoms with Gasteiger partial charge in [-0.25, -0.2) is 21.6 Å². The van der Waals surface area contributed by atoms with Crippen molar-refractivity contribution in [3.63, 3.8) is 0 Å². The lowest BCUT2D eigenvalue weighted by Crippen LogP contribution is -2.49. The highest BCUT2D eigenvalue weighted by molar-refractivity contribution is 7.89. The molecule has 0 bridgehead atoms. The molecule has 0 aromatic heterocycles. The van der Waals surface area contributed by atoms with Gasteiger partial charge in [0, 0.05) is 26.2 Å². The van der Waals surface area contributed by atoms with E-state index in [-0.39, 0.29) is 36.8 Å². The molecule has 0 aliphatic carbocycles. The van der Waals surface area contributed by atoms with Crippen LogP contribution in [-0.4, -0.2) is 38.9 Å². The summed E-state index contributed by atoms with van der Waals surface area (Å²) in [5.41, 5.74) is 1.44. The molecule has 3 rings (SSSR count). The Labute approximate surface area is 150 Å². The smallest absolute Gasteiger partial charge is 0.243 e. The van der Waals surface area contributed by atoms with Crippen molar-refractivity contribution in [1.82, 2.24) is 4.31 Å². The highest BCUT2D eigenvalue weighted by Gasteiger charge is 2.31. The van der Waals surface area contributed by atoms with Crippen LogP contribution in [0, 0.1) is 31.3 Å². The first kappa shape index (κ1) is 18.7. The van der Waals surface area contributed by atoms with E-state index in [9.17, 15) is 21.6 Å². The minimum Gasteiger partial charge on any atom is -0.366 e. The minimum absolute atomic E-state index is 0.0623. The Morgan fingerprint density at radius 2 is 1.54 bits per heavy atom. The van der Waals surface area contributed by atoms with E-state index in [2.05, 4.69) is 0 Å². The summed E-state index contributed by atoms with van der Waals surface area (Å²) in [6.07, 6.45) is 0. The largest absolute Gasteiger partial charge is 0.366 e. The molecule has 0 spiro atoms. The summed E-state index contributed by atoms with van der Waals surface area (Å²) in [7, 11) is -3.67. The summed E-state index contributed by atoms with van der Waals surface area (Å²) in [5, 5.41) is 0. The molecule has 1 heterocycles. The van der Waals surface area contributed by atoms with Gasteiger partial charge in [-0.1, -0.05) is 12.1 Å². The molecule has 0 radical (unpaired) electrons. The fourth-order valence-corrected chi connectivity index (χ4v) is 4.79. The van der Waals surface area contributed by atoms with Gasteiger partial charge < -0.3 is 4.90 Å². The molecule has 0 saturated carbocycles. The first-order valence-electron chi connectivity index (χ1n) is 8.17. The predicted molar refractivity (Wildman–Crippen MR) is 93.2 cm³/mol. The highest BCUT2D eigenvalue weighted by Crippen LogP contribution is 2.27. The molecule has 4 nitrogen and oxygen atoms in total. The topological polar surface area (TPSA) is 40.6 Å². The minimum atomic E-state index is -3.67. The van der Waals surface area contributed by atoms with Gasteiger partial charge in [-0.15, -0.1) is 0 Å². The number of halogens is 3. The zero-order valence-corrected chi connectivity index (χ0v) is 15.3. The van der Waals surface area contributed by atoms with Gasteiger partial charge in [0.15, 0.2) is 17.5 Å². The summed E-state index contributed by atoms with van der Waals surface area (Å²) in [6, 6.07) is 7.27. The van der Waals surface area contributed by atoms with E-state index in [1.54, 1.807) is 19.1 Å². The van der Waals surface area contributed by atoms with Crippen LogP contribution in [0.5, 0.6) is 0 Å². The van der Waals surface area contributed by atoms with Crippen LogP contribution in [-0.2, 0) is 10.0 Å². The monoisotopic (exact) mass is 384 g/mol. The lowest BCUT2D eigenvalue weighted by molar-refractivity contribution is 0.380. The van der Waals surface area contributed by atoms with Gasteiger partial charge in [0.1, 0.15) is 0 Å². The Morgan fingerprint density at radius 3 is 2.19 bits per heavy atom. The van der Waals surface area contributed by atoms with Crippen LogP contribution in [0.4, 0.5) is 18.9 Å². The second-order valence-corrected chi connectivity index (χ2v) is 8.26. The van der Waals surface area contributed by atoms with Crippen LogP contribution in [0.3, 0.4) is 0 Å². The van der Waals surface area contributed by atoms with E-state index >= 15 is 0 Å². The van der Waals surface area contributed by atoms with Crippen molar-refractivity contribution < 1.29 is 21.6 Å². The Balaban J connectivity index is 1.80. The lowest BCUT2D eigenvalue weighted by atomic mass is 10.2. The Hall–Kier alpha value is -2.06. The molecule has 1 saturated heterocycles. The van der Waals surface area contributed by atoms with Crippen LogP contribution >= 0.6 is 0 Å². The van der Waals surface area contributed by atoms with Gasteiger partial charge in [0.05, 0.1) is 10.6 Å². The van der Waals surface area contributed by atoms with Crippen LogP contribution in [0.15, 0.2) is 35.2 Å². The Bertz CT molecular complexity index is 940. The summed E-state index contributed by atoms with van der Waals surface area (Å²) in [5.74, 6) is -4.02. The number of aryl methyl sites for hydroxylation is 2. The van der Waals surface area contributed by atoms with Gasteiger partial charge >= 0.3 is 0 Å². The predicted octanol–water partition coefficient (Wildman–Crippen LogP) is 3.23. The molecule has 0 N–H and O–H groups in total. The SMILES string of the molecule is Cc1ccc(C)c(S(=O)(=O)N2CCN(c3ccc(F)c(F)c3F)CC2)c1. The maximum atomic E-state index is 14.0. The van der Waals surface area contributed by atoms with E-state index in [0.717, 1.165) is 11.6 Å². The van der Waals surface area contributed by atoms with Crippen LogP contribution in [0.2, 0.25) is 0 Å². The zero-order valence-electron chi connectivity index (χ0n) is 14.5. The molecule has 1 aliphatic rings. The number of rotatable bonds is 3. The standard InChI is InChI=1S/C18H19F3N2O2S/c1-12-3-4-13(2)16(11-12)26(24,25)23-9-7-22(8-10-23)15-6-5-14(19)17(20)18(15)21/h3-6,11H,7-10H2,1-2H3. The van der Waals surface area contributed by atoms with Gasteiger partial charge in [0.25, 0.3) is 0 Å². The second-order valence-electron chi connectivity index (χ2n) is 6.35. The summed E-state index contributed by atoms with van der Waals surface area (Å²) in [4.78, 5) is 1.78. The van der Waals surface area contributed by atoms with Crippen molar-refractivity contribution in [1.29, 1.82) is 0 Å². The van der Waals surface area contributed by atoms with E-state index < -0.39 is 27.5 Å². The maximum Gasteiger partial charge on any atom is 0.243 e. The zero-order chi connectivity index (χ0) is 19.1. The number of sulfonamides is 1. The van der Waals surface area contributed by atoms with E-state index in [1.165, 1.54) is 15.3 Å². The van der Waals surface area contributed by atoms with Crippen molar-refractivity contribution in [3.8, 4) is 0 Å². The van der Waals surface area contributed by atoms with Crippen LogP contribution < -0.4 is 4.90 Å². The van der Waals surface area contributed by atoms with Gasteiger partial charge in [-0.05, 0) is 43.2 Å². The second kappa shape index (κ2) is 6.92. The number of hydrogen-bond acceptors (Lipinski definition) is 3. The number of hydrogen-bond donors (Lipinski definition) is 0. The lowest BCUT2D eigenvalue weighted by Gasteiger charge is -2.35. The normalized spacial score (nSPS) is 16.1. The molecule has 0 unspecified atom stereocenters. The van der Waals surface area contributed by atoms with Gasteiger partial charge in [0.2, 0.25) is 10.0 Å². The summed E-state index contributed by atoms with van der Waals surface area (Å²) >= 11 is 0. The Morgan fingerprint density at radius 1 is 0.885 bits per heavy atom. The fraction of sp³-hybridized carbons (Fsp3) is 0.333. The fourth-order valence-electron chi connectivity index (χ4n) is 3.05. The van der Waals surface area contributed by atoms with E-state index in [4.69, 9.17) is 0 Å². The first-order chi connectivity index (χ1) is 12.2. The number of anilines is 1. The molecule has 2 aromatic carbocycles. The molecule has 140 valence electrons. The molecule has 0 atom stereocenters. The number of benzene rings is 2. The third kappa shape index (κ3) is 3.31. The Kier molecular flexibility index (Phi) is 4.98.